The molecule has 2 amide bonds. The van der Waals surface area contributed by atoms with Gasteiger partial charge >= 0.3 is 6.03 Å². The Hall–Kier alpha value is -4.84. The van der Waals surface area contributed by atoms with E-state index >= 15 is 4.39 Å². The van der Waals surface area contributed by atoms with Crippen molar-refractivity contribution in [1.82, 2.24) is 29.1 Å². The van der Waals surface area contributed by atoms with Gasteiger partial charge in [0.15, 0.2) is 17.3 Å². The summed E-state index contributed by atoms with van der Waals surface area (Å²) in [6.45, 7) is 5.57. The summed E-state index contributed by atoms with van der Waals surface area (Å²) >= 11 is 0. The monoisotopic (exact) mass is 601 g/mol. The number of carbonyl (C=O) groups is 2. The van der Waals surface area contributed by atoms with Gasteiger partial charge < -0.3 is 14.5 Å². The van der Waals surface area contributed by atoms with E-state index in [0.29, 0.717) is 42.6 Å². The molecule has 1 N–H and O–H groups in total. The van der Waals surface area contributed by atoms with Gasteiger partial charge in [0.2, 0.25) is 5.88 Å². The average Bonchev–Trinajstić information content (AvgIpc) is 3.59. The molecule has 0 unspecified atom stereocenters. The van der Waals surface area contributed by atoms with Crippen molar-refractivity contribution in [3.8, 4) is 17.3 Å². The molecule has 230 valence electrons. The number of likely N-dealkylation sites (tertiary alicyclic amines) is 1. The summed E-state index contributed by atoms with van der Waals surface area (Å²) in [5.74, 6) is -0.941. The Kier molecular flexibility index (Phi) is 9.19. The van der Waals surface area contributed by atoms with Crippen molar-refractivity contribution in [1.29, 1.82) is 0 Å². The Labute approximate surface area is 254 Å². The van der Waals surface area contributed by atoms with Gasteiger partial charge in [-0.25, -0.2) is 23.8 Å². The maximum Gasteiger partial charge on any atom is 0.323 e. The van der Waals surface area contributed by atoms with Gasteiger partial charge in [-0.2, -0.15) is 0 Å². The van der Waals surface area contributed by atoms with Crippen molar-refractivity contribution in [2.24, 2.45) is 0 Å². The molecule has 11 nitrogen and oxygen atoms in total. The lowest BCUT2D eigenvalue weighted by Crippen LogP contribution is -2.37. The van der Waals surface area contributed by atoms with E-state index in [1.54, 1.807) is 17.9 Å². The van der Waals surface area contributed by atoms with Gasteiger partial charge in [0.25, 0.3) is 5.56 Å². The molecule has 1 fully saturated rings. The normalized spacial score (nSPS) is 14.7. The Balaban J connectivity index is 1.28. The van der Waals surface area contributed by atoms with Crippen molar-refractivity contribution in [3.63, 3.8) is 0 Å². The number of nitrogens with zero attached hydrogens (tertiary/aromatic N) is 6. The fourth-order valence-electron chi connectivity index (χ4n) is 5.40. The average molecular weight is 602 g/mol. The number of rotatable bonds is 10. The summed E-state index contributed by atoms with van der Waals surface area (Å²) in [5.41, 5.74) is 1.32. The molecule has 0 aliphatic carbocycles. The molecule has 5 rings (SSSR count). The zero-order valence-corrected chi connectivity index (χ0v) is 25.3. The smallest absolute Gasteiger partial charge is 0.323 e. The highest BCUT2D eigenvalue weighted by atomic mass is 19.1. The molecule has 1 aliphatic rings. The number of likely N-dealkylation sites (N-methyl/N-ethyl adjacent to an activating group) is 1. The standard InChI is InChI=1S/C32H36FN7O4/c1-5-14-39-21(2)30(31(42)40(39)23-9-7-6-8-10-23)26(41)17-22-11-12-27(25(33)16-22)44-29-18-28(34-20-35-29)36-32(43)38-15-13-24(19-38)37(3)4/h6-12,16,18,20,24H,5,13-15,17,19H2,1-4H3,(H,34,35,36,43)/t24-/m1/s1. The molecule has 3 heterocycles. The second kappa shape index (κ2) is 13.2. The SMILES string of the molecule is CCCn1c(C)c(C(=O)Cc2ccc(Oc3cc(NC(=O)N4CC[C@@H](N(C)C)C4)ncn3)c(F)c2)c(=O)n1-c1ccccc1. The molecule has 4 aromatic rings. The molecular formula is C32H36FN7O4. The topological polar surface area (TPSA) is 115 Å². The largest absolute Gasteiger partial charge is 0.436 e. The summed E-state index contributed by atoms with van der Waals surface area (Å²) in [6.07, 6.45) is 2.72. The number of Topliss-reactive ketones (excluding diaryl/α,β-unsaturated/α-hetero) is 1. The number of benzene rings is 2. The number of urea groups is 1. The van der Waals surface area contributed by atoms with Gasteiger partial charge in [0.1, 0.15) is 17.7 Å². The van der Waals surface area contributed by atoms with Gasteiger partial charge in [-0.05, 0) is 63.7 Å². The van der Waals surface area contributed by atoms with Crippen LogP contribution in [-0.2, 0) is 13.0 Å². The number of para-hydroxylation sites is 1. The van der Waals surface area contributed by atoms with Gasteiger partial charge in [0.05, 0.1) is 5.69 Å². The van der Waals surface area contributed by atoms with E-state index in [1.165, 1.54) is 29.2 Å². The van der Waals surface area contributed by atoms with Crippen molar-refractivity contribution in [2.75, 3.05) is 32.5 Å². The van der Waals surface area contributed by atoms with E-state index in [1.807, 2.05) is 56.0 Å². The van der Waals surface area contributed by atoms with Crippen LogP contribution in [0.25, 0.3) is 5.69 Å². The quantitative estimate of drug-likeness (QED) is 0.263. The second-order valence-electron chi connectivity index (χ2n) is 11.0. The minimum absolute atomic E-state index is 0.0416. The number of carbonyl (C=O) groups excluding carboxylic acids is 2. The summed E-state index contributed by atoms with van der Waals surface area (Å²) in [5, 5.41) is 2.74. The van der Waals surface area contributed by atoms with Gasteiger partial charge in [-0.3, -0.25) is 19.6 Å². The summed E-state index contributed by atoms with van der Waals surface area (Å²) in [7, 11) is 3.97. The summed E-state index contributed by atoms with van der Waals surface area (Å²) < 4.78 is 24.1. The van der Waals surface area contributed by atoms with Crippen LogP contribution >= 0.6 is 0 Å². The van der Waals surface area contributed by atoms with Crippen LogP contribution in [-0.4, -0.2) is 74.2 Å². The number of nitrogens with one attached hydrogen (secondary N) is 1. The zero-order chi connectivity index (χ0) is 31.4. The van der Waals surface area contributed by atoms with E-state index in [2.05, 4.69) is 20.2 Å². The summed E-state index contributed by atoms with van der Waals surface area (Å²) in [4.78, 5) is 51.4. The molecule has 2 aromatic heterocycles. The van der Waals surface area contributed by atoms with Crippen LogP contribution in [0, 0.1) is 12.7 Å². The Morgan fingerprint density at radius 3 is 2.57 bits per heavy atom. The number of hydrogen-bond acceptors (Lipinski definition) is 7. The maximum atomic E-state index is 15.1. The van der Waals surface area contributed by atoms with Crippen molar-refractivity contribution >= 4 is 17.6 Å². The molecule has 0 spiro atoms. The van der Waals surface area contributed by atoms with Crippen LogP contribution < -0.4 is 15.6 Å². The predicted molar refractivity (Wildman–Crippen MR) is 164 cm³/mol. The minimum atomic E-state index is -0.701. The number of aromatic nitrogens is 4. The molecule has 1 aliphatic heterocycles. The van der Waals surface area contributed by atoms with E-state index in [-0.39, 0.29) is 35.5 Å². The first-order chi connectivity index (χ1) is 21.2. The molecule has 44 heavy (non-hydrogen) atoms. The Bertz CT molecular complexity index is 1720. The van der Waals surface area contributed by atoms with Crippen molar-refractivity contribution in [3.05, 3.63) is 93.9 Å². The van der Waals surface area contributed by atoms with Crippen LogP contribution in [0.4, 0.5) is 15.0 Å². The first-order valence-corrected chi connectivity index (χ1v) is 14.6. The molecule has 1 atom stereocenters. The number of ketones is 1. The van der Waals surface area contributed by atoms with Crippen molar-refractivity contribution < 1.29 is 18.7 Å². The third-order valence-electron chi connectivity index (χ3n) is 7.75. The Morgan fingerprint density at radius 2 is 1.89 bits per heavy atom. The lowest BCUT2D eigenvalue weighted by Gasteiger charge is -2.20. The van der Waals surface area contributed by atoms with E-state index < -0.39 is 17.2 Å². The van der Waals surface area contributed by atoms with Crippen LogP contribution in [0.3, 0.4) is 0 Å². The summed E-state index contributed by atoms with van der Waals surface area (Å²) in [6, 6.07) is 14.8. The molecule has 0 bridgehead atoms. The fraction of sp³-hybridized carbons (Fsp3) is 0.344. The van der Waals surface area contributed by atoms with Crippen LogP contribution in [0.1, 0.15) is 41.4 Å². The fourth-order valence-corrected chi connectivity index (χ4v) is 5.40. The van der Waals surface area contributed by atoms with Crippen LogP contribution in [0.15, 0.2) is 65.7 Å². The van der Waals surface area contributed by atoms with Crippen molar-refractivity contribution in [2.45, 2.75) is 45.7 Å². The van der Waals surface area contributed by atoms with Gasteiger partial charge in [-0.1, -0.05) is 31.2 Å². The zero-order valence-electron chi connectivity index (χ0n) is 25.3. The molecule has 0 radical (unpaired) electrons. The van der Waals surface area contributed by atoms with E-state index in [0.717, 1.165) is 12.8 Å². The maximum absolute atomic E-state index is 15.1. The highest BCUT2D eigenvalue weighted by Crippen LogP contribution is 2.26. The number of halogens is 1. The van der Waals surface area contributed by atoms with Gasteiger partial charge in [0, 0.05) is 43.9 Å². The molecule has 2 aromatic carbocycles. The lowest BCUT2D eigenvalue weighted by molar-refractivity contribution is 0.0991. The number of ether oxygens (including phenoxy) is 1. The van der Waals surface area contributed by atoms with Crippen LogP contribution in [0.5, 0.6) is 11.6 Å². The third-order valence-corrected chi connectivity index (χ3v) is 7.75. The molecule has 1 saturated heterocycles. The van der Waals surface area contributed by atoms with E-state index in [4.69, 9.17) is 4.74 Å². The molecular weight excluding hydrogens is 565 g/mol. The minimum Gasteiger partial charge on any atom is -0.436 e. The highest BCUT2D eigenvalue weighted by Gasteiger charge is 2.28. The van der Waals surface area contributed by atoms with Crippen LogP contribution in [0.2, 0.25) is 0 Å². The van der Waals surface area contributed by atoms with E-state index in [9.17, 15) is 14.4 Å². The second-order valence-corrected chi connectivity index (χ2v) is 11.0. The number of anilines is 1. The third kappa shape index (κ3) is 6.55. The first-order valence-electron chi connectivity index (χ1n) is 14.6. The lowest BCUT2D eigenvalue weighted by atomic mass is 10.0. The van der Waals surface area contributed by atoms with Gasteiger partial charge in [-0.15, -0.1) is 0 Å². The highest BCUT2D eigenvalue weighted by molar-refractivity contribution is 5.98. The number of amides is 2. The predicted octanol–water partition coefficient (Wildman–Crippen LogP) is 4.67. The number of hydrogen-bond donors (Lipinski definition) is 1. The first kappa shape index (κ1) is 30.6. The molecule has 0 saturated carbocycles. The molecule has 12 heteroatoms. The Morgan fingerprint density at radius 1 is 1.11 bits per heavy atom.